The molecule has 2 N–H and O–H groups in total. The Labute approximate surface area is 202 Å². The topological polar surface area (TPSA) is 65.0 Å². The first-order valence-electron chi connectivity index (χ1n) is 10.8. The minimum absolute atomic E-state index is 0. The standard InChI is InChI=1S/C23H32N6O.HI/c1-24-23(26-10-7-18-5-6-21-19(16-18)8-15-30-21)27-17-20-4-3-9-25-22(20)29-13-11-28(2)12-14-29;/h3-6,9,16H,7-8,10-15,17H2,1-2H3,(H2,24,26,27);1H. The maximum Gasteiger partial charge on any atom is 0.191 e. The number of hydrogen-bond acceptors (Lipinski definition) is 5. The molecule has 2 aliphatic heterocycles. The number of nitrogens with one attached hydrogen (secondary N) is 2. The second kappa shape index (κ2) is 11.5. The summed E-state index contributed by atoms with van der Waals surface area (Å²) in [7, 11) is 3.98. The van der Waals surface area contributed by atoms with Crippen LogP contribution in [0.5, 0.6) is 5.75 Å². The van der Waals surface area contributed by atoms with E-state index in [-0.39, 0.29) is 24.0 Å². The quantitative estimate of drug-likeness (QED) is 0.336. The van der Waals surface area contributed by atoms with Gasteiger partial charge in [-0.1, -0.05) is 18.2 Å². The molecule has 8 heteroatoms. The van der Waals surface area contributed by atoms with Crippen molar-refractivity contribution in [1.82, 2.24) is 20.5 Å². The summed E-state index contributed by atoms with van der Waals surface area (Å²) in [5.74, 6) is 2.93. The molecule has 1 aromatic carbocycles. The second-order valence-corrected chi connectivity index (χ2v) is 7.92. The highest BCUT2D eigenvalue weighted by Gasteiger charge is 2.18. The lowest BCUT2D eigenvalue weighted by atomic mass is 10.1. The van der Waals surface area contributed by atoms with Gasteiger partial charge in [0.15, 0.2) is 5.96 Å². The van der Waals surface area contributed by atoms with E-state index in [4.69, 9.17) is 4.74 Å². The predicted molar refractivity (Wildman–Crippen MR) is 137 cm³/mol. The number of ether oxygens (including phenoxy) is 1. The molecule has 7 nitrogen and oxygen atoms in total. The first-order valence-corrected chi connectivity index (χ1v) is 10.8. The van der Waals surface area contributed by atoms with E-state index in [1.54, 1.807) is 0 Å². The van der Waals surface area contributed by atoms with Gasteiger partial charge in [-0.15, -0.1) is 24.0 Å². The summed E-state index contributed by atoms with van der Waals surface area (Å²) in [6.07, 6.45) is 3.85. The molecule has 4 rings (SSSR count). The van der Waals surface area contributed by atoms with Crippen molar-refractivity contribution in [2.75, 3.05) is 58.3 Å². The molecule has 0 atom stereocenters. The first kappa shape index (κ1) is 23.6. The molecule has 0 bridgehead atoms. The molecule has 2 aromatic rings. The highest BCUT2D eigenvalue weighted by atomic mass is 127. The summed E-state index contributed by atoms with van der Waals surface area (Å²) in [6, 6.07) is 10.7. The molecule has 0 spiro atoms. The molecule has 0 amide bonds. The van der Waals surface area contributed by atoms with E-state index < -0.39 is 0 Å². The normalized spacial score (nSPS) is 16.3. The van der Waals surface area contributed by atoms with Crippen molar-refractivity contribution in [3.8, 4) is 5.75 Å². The number of aliphatic imine (C=N–C) groups is 1. The van der Waals surface area contributed by atoms with Gasteiger partial charge in [-0.2, -0.15) is 0 Å². The smallest absolute Gasteiger partial charge is 0.191 e. The summed E-state index contributed by atoms with van der Waals surface area (Å²) in [5, 5.41) is 6.87. The third-order valence-corrected chi connectivity index (χ3v) is 5.80. The monoisotopic (exact) mass is 536 g/mol. The van der Waals surface area contributed by atoms with Crippen LogP contribution in [0.2, 0.25) is 0 Å². The summed E-state index contributed by atoms with van der Waals surface area (Å²) in [6.45, 7) is 6.50. The maximum atomic E-state index is 5.59. The van der Waals surface area contributed by atoms with E-state index >= 15 is 0 Å². The molecule has 1 fully saturated rings. The zero-order chi connectivity index (χ0) is 20.8. The number of aromatic nitrogens is 1. The van der Waals surface area contributed by atoms with Crippen LogP contribution in [0.15, 0.2) is 41.5 Å². The third kappa shape index (κ3) is 6.22. The molecular formula is C23H33IN6O. The number of fused-ring (bicyclic) bond motifs is 1. The van der Waals surface area contributed by atoms with Crippen LogP contribution in [0, 0.1) is 0 Å². The number of piperazine rings is 1. The Bertz CT molecular complexity index is 882. The molecule has 0 aliphatic carbocycles. The fourth-order valence-electron chi connectivity index (χ4n) is 3.99. The van der Waals surface area contributed by atoms with Crippen LogP contribution in [-0.4, -0.2) is 69.3 Å². The molecule has 0 saturated carbocycles. The number of pyridine rings is 1. The molecule has 31 heavy (non-hydrogen) atoms. The van der Waals surface area contributed by atoms with Gasteiger partial charge in [0.05, 0.1) is 6.61 Å². The van der Waals surface area contributed by atoms with Crippen LogP contribution >= 0.6 is 24.0 Å². The Morgan fingerprint density at radius 2 is 2.00 bits per heavy atom. The summed E-state index contributed by atoms with van der Waals surface area (Å²) in [4.78, 5) is 13.8. The number of rotatable bonds is 6. The molecule has 3 heterocycles. The fraction of sp³-hybridized carbons (Fsp3) is 0.478. The molecule has 0 radical (unpaired) electrons. The zero-order valence-electron chi connectivity index (χ0n) is 18.4. The van der Waals surface area contributed by atoms with Gasteiger partial charge in [0.2, 0.25) is 0 Å². The largest absolute Gasteiger partial charge is 0.493 e. The van der Waals surface area contributed by atoms with Crippen molar-refractivity contribution < 1.29 is 4.74 Å². The van der Waals surface area contributed by atoms with E-state index in [0.29, 0.717) is 6.54 Å². The lowest BCUT2D eigenvalue weighted by Gasteiger charge is -2.34. The van der Waals surface area contributed by atoms with Crippen LogP contribution in [-0.2, 0) is 19.4 Å². The summed E-state index contributed by atoms with van der Waals surface area (Å²) in [5.41, 5.74) is 3.85. The second-order valence-electron chi connectivity index (χ2n) is 7.92. The van der Waals surface area contributed by atoms with Crippen LogP contribution in [0.1, 0.15) is 16.7 Å². The van der Waals surface area contributed by atoms with Crippen molar-refractivity contribution in [3.05, 3.63) is 53.2 Å². The van der Waals surface area contributed by atoms with E-state index in [9.17, 15) is 0 Å². The highest BCUT2D eigenvalue weighted by Crippen LogP contribution is 2.25. The zero-order valence-corrected chi connectivity index (χ0v) is 20.8. The molecule has 0 unspecified atom stereocenters. The van der Waals surface area contributed by atoms with Crippen LogP contribution in [0.4, 0.5) is 5.82 Å². The average molecular weight is 536 g/mol. The van der Waals surface area contributed by atoms with Crippen LogP contribution < -0.4 is 20.3 Å². The number of guanidine groups is 1. The van der Waals surface area contributed by atoms with Crippen LogP contribution in [0.25, 0.3) is 0 Å². The van der Waals surface area contributed by atoms with Gasteiger partial charge in [0, 0.05) is 64.5 Å². The predicted octanol–water partition coefficient (Wildman–Crippen LogP) is 2.29. The van der Waals surface area contributed by atoms with Gasteiger partial charge in [-0.05, 0) is 36.7 Å². The SMILES string of the molecule is CN=C(NCCc1ccc2c(c1)CCO2)NCc1cccnc1N1CCN(C)CC1.I. The van der Waals surface area contributed by atoms with Crippen LogP contribution in [0.3, 0.4) is 0 Å². The summed E-state index contributed by atoms with van der Waals surface area (Å²) >= 11 is 0. The molecular weight excluding hydrogens is 503 g/mol. The Morgan fingerprint density at radius 3 is 2.81 bits per heavy atom. The van der Waals surface area contributed by atoms with Gasteiger partial charge in [0.25, 0.3) is 0 Å². The highest BCUT2D eigenvalue weighted by molar-refractivity contribution is 14.0. The van der Waals surface area contributed by atoms with E-state index in [2.05, 4.69) is 61.7 Å². The van der Waals surface area contributed by atoms with Gasteiger partial charge in [-0.3, -0.25) is 4.99 Å². The van der Waals surface area contributed by atoms with Crippen molar-refractivity contribution >= 4 is 35.8 Å². The van der Waals surface area contributed by atoms with Gasteiger partial charge in [-0.25, -0.2) is 4.98 Å². The number of likely N-dealkylation sites (N-methyl/N-ethyl adjacent to an activating group) is 1. The number of hydrogen-bond donors (Lipinski definition) is 2. The minimum Gasteiger partial charge on any atom is -0.493 e. The van der Waals surface area contributed by atoms with E-state index in [1.165, 1.54) is 16.7 Å². The summed E-state index contributed by atoms with van der Waals surface area (Å²) < 4.78 is 5.59. The first-order chi connectivity index (χ1) is 14.7. The molecule has 1 saturated heterocycles. The number of halogens is 1. The van der Waals surface area contributed by atoms with Gasteiger partial charge >= 0.3 is 0 Å². The van der Waals surface area contributed by atoms with Crippen molar-refractivity contribution in [2.45, 2.75) is 19.4 Å². The molecule has 1 aromatic heterocycles. The van der Waals surface area contributed by atoms with Gasteiger partial charge < -0.3 is 25.2 Å². The number of nitrogens with zero attached hydrogens (tertiary/aromatic N) is 4. The number of anilines is 1. The Balaban J connectivity index is 0.00000272. The van der Waals surface area contributed by atoms with Crippen molar-refractivity contribution in [1.29, 1.82) is 0 Å². The fourth-order valence-corrected chi connectivity index (χ4v) is 3.99. The average Bonchev–Trinajstić information content (AvgIpc) is 3.25. The van der Waals surface area contributed by atoms with Crippen molar-refractivity contribution in [3.63, 3.8) is 0 Å². The molecule has 168 valence electrons. The van der Waals surface area contributed by atoms with E-state index in [1.807, 2.05) is 19.3 Å². The number of benzene rings is 1. The Kier molecular flexibility index (Phi) is 8.77. The minimum atomic E-state index is 0. The Hall–Kier alpha value is -2.07. The van der Waals surface area contributed by atoms with Crippen molar-refractivity contribution in [2.24, 2.45) is 4.99 Å². The lowest BCUT2D eigenvalue weighted by Crippen LogP contribution is -2.45. The maximum absolute atomic E-state index is 5.59. The third-order valence-electron chi connectivity index (χ3n) is 5.80. The molecule has 2 aliphatic rings. The van der Waals surface area contributed by atoms with E-state index in [0.717, 1.165) is 69.7 Å². The van der Waals surface area contributed by atoms with Gasteiger partial charge in [0.1, 0.15) is 11.6 Å². The Morgan fingerprint density at radius 1 is 1.16 bits per heavy atom. The lowest BCUT2D eigenvalue weighted by molar-refractivity contribution is 0.312.